The number of anilines is 3. The van der Waals surface area contributed by atoms with Gasteiger partial charge in [0.15, 0.2) is 0 Å². The summed E-state index contributed by atoms with van der Waals surface area (Å²) in [5.41, 5.74) is 12.2. The van der Waals surface area contributed by atoms with Crippen molar-refractivity contribution in [3.63, 3.8) is 0 Å². The molecule has 2 heteroatoms. The Balaban J connectivity index is 0.968. The van der Waals surface area contributed by atoms with E-state index in [1.165, 1.54) is 54.6 Å². The van der Waals surface area contributed by atoms with Gasteiger partial charge in [0, 0.05) is 27.5 Å². The lowest BCUT2D eigenvalue weighted by atomic mass is 9.97. The molecular weight excluding hydrogens is 679 g/mol. The zero-order chi connectivity index (χ0) is 37.0. The molecule has 0 fully saturated rings. The molecule has 0 aliphatic heterocycles. The van der Waals surface area contributed by atoms with E-state index in [0.29, 0.717) is 0 Å². The van der Waals surface area contributed by atoms with Gasteiger partial charge in [0.2, 0.25) is 0 Å². The molecule has 0 saturated carbocycles. The fourth-order valence-electron chi connectivity index (χ4n) is 8.38. The van der Waals surface area contributed by atoms with Crippen molar-refractivity contribution in [2.24, 2.45) is 0 Å². The highest BCUT2D eigenvalue weighted by Gasteiger charge is 2.18. The monoisotopic (exact) mass is 713 g/mol. The van der Waals surface area contributed by atoms with Crippen molar-refractivity contribution in [1.29, 1.82) is 0 Å². The van der Waals surface area contributed by atoms with Crippen LogP contribution >= 0.6 is 0 Å². The van der Waals surface area contributed by atoms with Crippen LogP contribution in [0.2, 0.25) is 0 Å². The summed E-state index contributed by atoms with van der Waals surface area (Å²) in [4.78, 5) is 2.40. The van der Waals surface area contributed by atoms with E-state index in [2.05, 4.69) is 205 Å². The Morgan fingerprint density at radius 1 is 0.268 bits per heavy atom. The van der Waals surface area contributed by atoms with Gasteiger partial charge in [-0.3, -0.25) is 0 Å². The lowest BCUT2D eigenvalue weighted by molar-refractivity contribution is 0.669. The molecular formula is C54H35NO. The van der Waals surface area contributed by atoms with Crippen LogP contribution in [-0.4, -0.2) is 0 Å². The molecule has 0 saturated heterocycles. The van der Waals surface area contributed by atoms with Gasteiger partial charge in [-0.15, -0.1) is 0 Å². The van der Waals surface area contributed by atoms with Crippen LogP contribution in [0.4, 0.5) is 17.1 Å². The first-order chi connectivity index (χ1) is 27.7. The SMILES string of the molecule is c1ccc2cc(-c3ccc(N(c4ccc(-c5ccc(-c6ccc7c(c6)oc6ccccc67)cc5)cc4)c4cc5ccccc5c5ccccc45)cc3)ccc2c1. The molecule has 262 valence electrons. The minimum absolute atomic E-state index is 0.912. The molecule has 11 rings (SSSR count). The molecule has 0 spiro atoms. The Labute approximate surface area is 325 Å². The van der Waals surface area contributed by atoms with Crippen LogP contribution in [0, 0.1) is 0 Å². The Morgan fingerprint density at radius 2 is 0.732 bits per heavy atom. The van der Waals surface area contributed by atoms with Crippen LogP contribution in [0.25, 0.3) is 87.6 Å². The number of rotatable bonds is 6. The Hall–Kier alpha value is -7.42. The van der Waals surface area contributed by atoms with Crippen molar-refractivity contribution in [2.75, 3.05) is 4.90 Å². The van der Waals surface area contributed by atoms with Gasteiger partial charge in [-0.2, -0.15) is 0 Å². The number of para-hydroxylation sites is 1. The summed E-state index contributed by atoms with van der Waals surface area (Å²) in [6.45, 7) is 0. The molecule has 0 unspecified atom stereocenters. The zero-order valence-electron chi connectivity index (χ0n) is 30.6. The largest absolute Gasteiger partial charge is 0.456 e. The van der Waals surface area contributed by atoms with Crippen LogP contribution in [0.3, 0.4) is 0 Å². The number of hydrogen-bond acceptors (Lipinski definition) is 2. The average Bonchev–Trinajstić information content (AvgIpc) is 3.65. The van der Waals surface area contributed by atoms with Gasteiger partial charge >= 0.3 is 0 Å². The van der Waals surface area contributed by atoms with Crippen LogP contribution in [0.15, 0.2) is 217 Å². The number of furan rings is 1. The third kappa shape index (κ3) is 5.51. The summed E-state index contributed by atoms with van der Waals surface area (Å²) in [5.74, 6) is 0. The molecule has 1 heterocycles. The molecule has 1 aromatic heterocycles. The molecule has 0 atom stereocenters. The van der Waals surface area contributed by atoms with Crippen molar-refractivity contribution in [2.45, 2.75) is 0 Å². The third-order valence-corrected chi connectivity index (χ3v) is 11.3. The average molecular weight is 714 g/mol. The summed E-state index contributed by atoms with van der Waals surface area (Å²) >= 11 is 0. The van der Waals surface area contributed by atoms with Gasteiger partial charge in [-0.1, -0.05) is 158 Å². The molecule has 2 nitrogen and oxygen atoms in total. The molecule has 0 bridgehead atoms. The van der Waals surface area contributed by atoms with Crippen LogP contribution in [0.1, 0.15) is 0 Å². The molecule has 56 heavy (non-hydrogen) atoms. The number of benzene rings is 10. The summed E-state index contributed by atoms with van der Waals surface area (Å²) < 4.78 is 6.18. The molecule has 0 aliphatic carbocycles. The van der Waals surface area contributed by atoms with E-state index < -0.39 is 0 Å². The van der Waals surface area contributed by atoms with Gasteiger partial charge < -0.3 is 9.32 Å². The summed E-state index contributed by atoms with van der Waals surface area (Å²) in [7, 11) is 0. The van der Waals surface area contributed by atoms with E-state index in [-0.39, 0.29) is 0 Å². The minimum Gasteiger partial charge on any atom is -0.456 e. The normalized spacial score (nSPS) is 11.6. The van der Waals surface area contributed by atoms with E-state index in [4.69, 9.17) is 4.42 Å². The van der Waals surface area contributed by atoms with Gasteiger partial charge in [0.1, 0.15) is 11.2 Å². The van der Waals surface area contributed by atoms with Crippen LogP contribution in [-0.2, 0) is 0 Å². The lowest BCUT2D eigenvalue weighted by Crippen LogP contribution is -2.10. The topological polar surface area (TPSA) is 16.4 Å². The van der Waals surface area contributed by atoms with Gasteiger partial charge in [0.25, 0.3) is 0 Å². The molecule has 10 aromatic carbocycles. The first kappa shape index (κ1) is 32.0. The summed E-state index contributed by atoms with van der Waals surface area (Å²) in [5, 5.41) is 9.73. The number of nitrogens with zero attached hydrogens (tertiary/aromatic N) is 1. The van der Waals surface area contributed by atoms with E-state index in [1.807, 2.05) is 12.1 Å². The van der Waals surface area contributed by atoms with E-state index in [1.54, 1.807) is 0 Å². The predicted molar refractivity (Wildman–Crippen MR) is 237 cm³/mol. The predicted octanol–water partition coefficient (Wildman–Crippen LogP) is 15.5. The van der Waals surface area contributed by atoms with Gasteiger partial charge in [-0.05, 0) is 115 Å². The maximum atomic E-state index is 6.18. The summed E-state index contributed by atoms with van der Waals surface area (Å²) in [6.07, 6.45) is 0. The van der Waals surface area contributed by atoms with E-state index in [9.17, 15) is 0 Å². The highest BCUT2D eigenvalue weighted by molar-refractivity contribution is 6.14. The first-order valence-corrected chi connectivity index (χ1v) is 19.2. The van der Waals surface area contributed by atoms with Gasteiger partial charge in [0.05, 0.1) is 5.69 Å². The maximum absolute atomic E-state index is 6.18. The van der Waals surface area contributed by atoms with E-state index >= 15 is 0 Å². The van der Waals surface area contributed by atoms with Crippen molar-refractivity contribution in [3.8, 4) is 33.4 Å². The number of hydrogen-bond donors (Lipinski definition) is 0. The fraction of sp³-hybridized carbons (Fsp3) is 0. The lowest BCUT2D eigenvalue weighted by Gasteiger charge is -2.28. The van der Waals surface area contributed by atoms with Gasteiger partial charge in [-0.25, -0.2) is 0 Å². The van der Waals surface area contributed by atoms with Crippen molar-refractivity contribution < 1.29 is 4.42 Å². The molecule has 11 aromatic rings. The third-order valence-electron chi connectivity index (χ3n) is 11.3. The first-order valence-electron chi connectivity index (χ1n) is 19.2. The Bertz CT molecular complexity index is 3230. The molecule has 0 N–H and O–H groups in total. The quantitative estimate of drug-likeness (QED) is 0.160. The van der Waals surface area contributed by atoms with Crippen molar-refractivity contribution >= 4 is 71.3 Å². The van der Waals surface area contributed by atoms with Crippen molar-refractivity contribution in [1.82, 2.24) is 0 Å². The Kier molecular flexibility index (Phi) is 7.53. The molecule has 0 amide bonds. The standard InChI is InChI=1S/C54H35NO/c1-2-10-41-33-42(22-21-36(41)9-1)40-25-30-46(31-26-40)55(52-34-44-11-3-4-12-47(44)48-13-5-6-14-49(48)52)45-28-23-38(24-29-45)37-17-19-39(20-18-37)43-27-32-51-50-15-7-8-16-53(50)56-54(51)35-43/h1-35H. The highest BCUT2D eigenvalue weighted by Crippen LogP contribution is 2.43. The van der Waals surface area contributed by atoms with Crippen LogP contribution < -0.4 is 4.90 Å². The molecule has 0 radical (unpaired) electrons. The number of fused-ring (bicyclic) bond motifs is 7. The van der Waals surface area contributed by atoms with E-state index in [0.717, 1.165) is 50.1 Å². The summed E-state index contributed by atoms with van der Waals surface area (Å²) in [6, 6.07) is 76.6. The second-order valence-electron chi connectivity index (χ2n) is 14.5. The second-order valence-corrected chi connectivity index (χ2v) is 14.5. The van der Waals surface area contributed by atoms with Crippen molar-refractivity contribution in [3.05, 3.63) is 212 Å². The fourth-order valence-corrected chi connectivity index (χ4v) is 8.38. The maximum Gasteiger partial charge on any atom is 0.136 e. The smallest absolute Gasteiger partial charge is 0.136 e. The second kappa shape index (κ2) is 13.2. The Morgan fingerprint density at radius 3 is 1.43 bits per heavy atom. The zero-order valence-corrected chi connectivity index (χ0v) is 30.6. The minimum atomic E-state index is 0.912. The van der Waals surface area contributed by atoms with Crippen LogP contribution in [0.5, 0.6) is 0 Å². The molecule has 0 aliphatic rings. The highest BCUT2D eigenvalue weighted by atomic mass is 16.3.